The van der Waals surface area contributed by atoms with E-state index in [0.717, 1.165) is 10.8 Å². The fourth-order valence-electron chi connectivity index (χ4n) is 2.40. The molecule has 1 atom stereocenters. The number of thiazole rings is 1. The summed E-state index contributed by atoms with van der Waals surface area (Å²) in [5.41, 5.74) is 0.660. The molecule has 0 bridgehead atoms. The fourth-order valence-corrected chi connectivity index (χ4v) is 4.86. The summed E-state index contributed by atoms with van der Waals surface area (Å²) in [6.07, 6.45) is 0.634. The Kier molecular flexibility index (Phi) is 4.05. The average Bonchev–Trinajstić information content (AvgIpc) is 3.11. The van der Waals surface area contributed by atoms with Gasteiger partial charge in [0.25, 0.3) is 0 Å². The molecule has 2 aromatic heterocycles. The van der Waals surface area contributed by atoms with Crippen molar-refractivity contribution in [2.24, 2.45) is 0 Å². The quantitative estimate of drug-likeness (QED) is 0.912. The van der Waals surface area contributed by atoms with Crippen molar-refractivity contribution in [2.45, 2.75) is 25.8 Å². The van der Waals surface area contributed by atoms with E-state index in [9.17, 15) is 13.2 Å². The van der Waals surface area contributed by atoms with E-state index in [0.29, 0.717) is 17.9 Å². The summed E-state index contributed by atoms with van der Waals surface area (Å²) < 4.78 is 28.2. The van der Waals surface area contributed by atoms with Crippen LogP contribution < -0.4 is 5.32 Å². The molecule has 0 aromatic carbocycles. The van der Waals surface area contributed by atoms with Crippen molar-refractivity contribution in [1.82, 2.24) is 10.3 Å². The molecular weight excluding hydrogens is 324 g/mol. The van der Waals surface area contributed by atoms with Gasteiger partial charge in [0.15, 0.2) is 20.6 Å². The van der Waals surface area contributed by atoms with Crippen molar-refractivity contribution < 1.29 is 17.6 Å². The number of sulfone groups is 1. The monoisotopic (exact) mass is 340 g/mol. The van der Waals surface area contributed by atoms with Crippen LogP contribution in [0.5, 0.6) is 0 Å². The van der Waals surface area contributed by atoms with E-state index in [1.165, 1.54) is 11.3 Å². The second-order valence-corrected chi connectivity index (χ2v) is 8.49. The van der Waals surface area contributed by atoms with E-state index in [4.69, 9.17) is 4.42 Å². The first-order valence-electron chi connectivity index (χ1n) is 6.92. The predicted molar refractivity (Wildman–Crippen MR) is 83.5 cm³/mol. The molecule has 118 valence electrons. The largest absolute Gasteiger partial charge is 0.459 e. The van der Waals surface area contributed by atoms with E-state index >= 15 is 0 Å². The topological polar surface area (TPSA) is 89.3 Å². The summed E-state index contributed by atoms with van der Waals surface area (Å²) in [6, 6.07) is 3.44. The van der Waals surface area contributed by atoms with Gasteiger partial charge >= 0.3 is 0 Å². The fraction of sp³-hybridized carbons (Fsp3) is 0.429. The molecule has 22 heavy (non-hydrogen) atoms. The summed E-state index contributed by atoms with van der Waals surface area (Å²) in [5.74, 6) is 1.49. The number of hydrogen-bond acceptors (Lipinski definition) is 6. The maximum Gasteiger partial charge on any atom is 0.226 e. The van der Waals surface area contributed by atoms with Crippen LogP contribution in [0.4, 0.5) is 0 Å². The van der Waals surface area contributed by atoms with Gasteiger partial charge in [0, 0.05) is 11.4 Å². The third-order valence-corrected chi connectivity index (χ3v) is 6.12. The minimum atomic E-state index is -2.98. The van der Waals surface area contributed by atoms with Crippen molar-refractivity contribution in [2.75, 3.05) is 11.5 Å². The lowest BCUT2D eigenvalue weighted by molar-refractivity contribution is -0.121. The standard InChI is InChI=1S/C14H16N2O4S2/c1-9-2-3-12(20-9)14-16-11(7-21-14)6-13(17)15-10-4-5-22(18,19)8-10/h2-3,7,10H,4-6,8H2,1H3,(H,15,17). The first-order chi connectivity index (χ1) is 10.4. The van der Waals surface area contributed by atoms with Gasteiger partial charge in [-0.25, -0.2) is 13.4 Å². The zero-order valence-corrected chi connectivity index (χ0v) is 13.7. The first kappa shape index (κ1) is 15.2. The van der Waals surface area contributed by atoms with Crippen LogP contribution in [-0.4, -0.2) is 36.9 Å². The highest BCUT2D eigenvalue weighted by atomic mass is 32.2. The van der Waals surface area contributed by atoms with Crippen molar-refractivity contribution in [3.8, 4) is 10.8 Å². The number of nitrogens with zero attached hydrogens (tertiary/aromatic N) is 1. The number of hydrogen-bond donors (Lipinski definition) is 1. The molecular formula is C14H16N2O4S2. The molecule has 0 saturated carbocycles. The molecule has 1 aliphatic rings. The number of aromatic nitrogens is 1. The minimum Gasteiger partial charge on any atom is -0.459 e. The van der Waals surface area contributed by atoms with Gasteiger partial charge in [-0.1, -0.05) is 0 Å². The molecule has 0 aliphatic carbocycles. The third kappa shape index (κ3) is 3.56. The minimum absolute atomic E-state index is 0.0345. The van der Waals surface area contributed by atoms with Crippen LogP contribution in [0.1, 0.15) is 17.9 Å². The lowest BCUT2D eigenvalue weighted by Crippen LogP contribution is -2.36. The molecule has 1 amide bonds. The Balaban J connectivity index is 1.59. The zero-order valence-electron chi connectivity index (χ0n) is 12.0. The van der Waals surface area contributed by atoms with Crippen molar-refractivity contribution in [3.63, 3.8) is 0 Å². The maximum atomic E-state index is 12.0. The molecule has 2 aromatic rings. The van der Waals surface area contributed by atoms with E-state index in [-0.39, 0.29) is 29.9 Å². The molecule has 1 N–H and O–H groups in total. The first-order valence-corrected chi connectivity index (χ1v) is 9.62. The number of nitrogens with one attached hydrogen (secondary N) is 1. The normalized spacial score (nSPS) is 20.1. The molecule has 8 heteroatoms. The van der Waals surface area contributed by atoms with Gasteiger partial charge in [-0.2, -0.15) is 0 Å². The van der Waals surface area contributed by atoms with E-state index in [1.807, 2.05) is 24.4 Å². The van der Waals surface area contributed by atoms with Gasteiger partial charge in [-0.15, -0.1) is 11.3 Å². The van der Waals surface area contributed by atoms with E-state index in [2.05, 4.69) is 10.3 Å². The molecule has 3 rings (SSSR count). The van der Waals surface area contributed by atoms with Crippen LogP contribution in [0.15, 0.2) is 21.9 Å². The van der Waals surface area contributed by atoms with Crippen LogP contribution in [0, 0.1) is 6.92 Å². The molecule has 1 unspecified atom stereocenters. The van der Waals surface area contributed by atoms with E-state index in [1.54, 1.807) is 0 Å². The highest BCUT2D eigenvalue weighted by Crippen LogP contribution is 2.25. The lowest BCUT2D eigenvalue weighted by Gasteiger charge is -2.09. The second-order valence-electron chi connectivity index (χ2n) is 5.40. The van der Waals surface area contributed by atoms with Crippen LogP contribution in [0.2, 0.25) is 0 Å². The summed E-state index contributed by atoms with van der Waals surface area (Å²) in [7, 11) is -2.98. The SMILES string of the molecule is Cc1ccc(-c2nc(CC(=O)NC3CCS(=O)(=O)C3)cs2)o1. The average molecular weight is 340 g/mol. The van der Waals surface area contributed by atoms with Crippen LogP contribution in [0.3, 0.4) is 0 Å². The Morgan fingerprint density at radius 1 is 1.50 bits per heavy atom. The zero-order chi connectivity index (χ0) is 15.7. The third-order valence-electron chi connectivity index (χ3n) is 3.44. The summed E-state index contributed by atoms with van der Waals surface area (Å²) >= 11 is 1.42. The lowest BCUT2D eigenvalue weighted by atomic mass is 10.2. The predicted octanol–water partition coefficient (Wildman–Crippen LogP) is 1.56. The highest BCUT2D eigenvalue weighted by molar-refractivity contribution is 7.91. The van der Waals surface area contributed by atoms with Crippen LogP contribution in [0.25, 0.3) is 10.8 Å². The summed E-state index contributed by atoms with van der Waals surface area (Å²) in [6.45, 7) is 1.86. The summed E-state index contributed by atoms with van der Waals surface area (Å²) in [5, 5.41) is 5.31. The molecule has 1 fully saturated rings. The number of furan rings is 1. The number of carbonyl (C=O) groups is 1. The number of amides is 1. The van der Waals surface area contributed by atoms with Crippen molar-refractivity contribution in [1.29, 1.82) is 0 Å². The highest BCUT2D eigenvalue weighted by Gasteiger charge is 2.28. The number of rotatable bonds is 4. The molecule has 1 aliphatic heterocycles. The Bertz CT molecular complexity index is 791. The molecule has 1 saturated heterocycles. The van der Waals surface area contributed by atoms with Gasteiger partial charge in [-0.05, 0) is 25.5 Å². The van der Waals surface area contributed by atoms with Crippen molar-refractivity contribution >= 4 is 27.1 Å². The Morgan fingerprint density at radius 3 is 2.95 bits per heavy atom. The maximum absolute atomic E-state index is 12.0. The molecule has 0 spiro atoms. The smallest absolute Gasteiger partial charge is 0.226 e. The van der Waals surface area contributed by atoms with Gasteiger partial charge in [0.05, 0.1) is 23.6 Å². The van der Waals surface area contributed by atoms with Crippen molar-refractivity contribution in [3.05, 3.63) is 29.0 Å². The Labute approximate surface area is 132 Å². The van der Waals surface area contributed by atoms with Crippen LogP contribution >= 0.6 is 11.3 Å². The Morgan fingerprint density at radius 2 is 2.32 bits per heavy atom. The van der Waals surface area contributed by atoms with Gasteiger partial charge in [0.2, 0.25) is 5.91 Å². The number of aryl methyl sites for hydroxylation is 1. The van der Waals surface area contributed by atoms with E-state index < -0.39 is 9.84 Å². The van der Waals surface area contributed by atoms with Gasteiger partial charge in [0.1, 0.15) is 5.76 Å². The molecule has 0 radical (unpaired) electrons. The van der Waals surface area contributed by atoms with Crippen LogP contribution in [-0.2, 0) is 21.1 Å². The van der Waals surface area contributed by atoms with Gasteiger partial charge < -0.3 is 9.73 Å². The molecule has 3 heterocycles. The second kappa shape index (κ2) is 5.85. The Hall–Kier alpha value is -1.67. The number of carbonyl (C=O) groups excluding carboxylic acids is 1. The van der Waals surface area contributed by atoms with Gasteiger partial charge in [-0.3, -0.25) is 4.79 Å². The summed E-state index contributed by atoms with van der Waals surface area (Å²) in [4.78, 5) is 16.3. The molecule has 6 nitrogen and oxygen atoms in total.